The van der Waals surface area contributed by atoms with Crippen LogP contribution in [0.5, 0.6) is 0 Å². The van der Waals surface area contributed by atoms with Crippen LogP contribution in [0, 0.1) is 0 Å². The summed E-state index contributed by atoms with van der Waals surface area (Å²) in [6.45, 7) is 3.16. The smallest absolute Gasteiger partial charge is 0.224 e. The van der Waals surface area contributed by atoms with E-state index in [1.807, 2.05) is 36.4 Å². The first kappa shape index (κ1) is 19.0. The number of halogens is 1. The number of ether oxygens (including phenoxy) is 1. The van der Waals surface area contributed by atoms with Crippen molar-refractivity contribution >= 4 is 40.8 Å². The van der Waals surface area contributed by atoms with Crippen molar-refractivity contribution in [3.8, 4) is 0 Å². The molecule has 1 saturated heterocycles. The van der Waals surface area contributed by atoms with E-state index in [0.29, 0.717) is 6.42 Å². The Bertz CT molecular complexity index is 704. The molecule has 0 atom stereocenters. The average Bonchev–Trinajstić information content (AvgIpc) is 2.68. The van der Waals surface area contributed by atoms with Crippen LogP contribution in [0.25, 0.3) is 0 Å². The highest BCUT2D eigenvalue weighted by Crippen LogP contribution is 2.21. The number of anilines is 2. The van der Waals surface area contributed by atoms with Gasteiger partial charge in [0.05, 0.1) is 25.1 Å². The Balaban J connectivity index is 1.38. The zero-order valence-corrected chi connectivity index (χ0v) is 16.1. The van der Waals surface area contributed by atoms with Crippen LogP contribution in [-0.2, 0) is 9.53 Å². The van der Waals surface area contributed by atoms with Crippen LogP contribution in [0.2, 0.25) is 5.02 Å². The molecule has 0 saturated carbocycles. The molecular weight excluding hydrogens is 370 g/mol. The summed E-state index contributed by atoms with van der Waals surface area (Å²) in [4.78, 5) is 19.9. The first-order valence-corrected chi connectivity index (χ1v) is 10.0. The highest BCUT2D eigenvalue weighted by atomic mass is 35.5. The summed E-state index contributed by atoms with van der Waals surface area (Å²) >= 11 is 7.60. The third-order valence-corrected chi connectivity index (χ3v) is 5.35. The van der Waals surface area contributed by atoms with Gasteiger partial charge in [-0.15, -0.1) is 11.8 Å². The summed E-state index contributed by atoms with van der Waals surface area (Å²) in [5, 5.41) is 3.64. The summed E-state index contributed by atoms with van der Waals surface area (Å²) in [6.07, 6.45) is 3.02. The quantitative estimate of drug-likeness (QED) is 0.569. The Hall–Kier alpha value is -1.76. The topological polar surface area (TPSA) is 54.5 Å². The summed E-state index contributed by atoms with van der Waals surface area (Å²) in [5.74, 6) is 1.83. The fourth-order valence-corrected chi connectivity index (χ4v) is 3.60. The Morgan fingerprint density at radius 3 is 2.65 bits per heavy atom. The van der Waals surface area contributed by atoms with Gasteiger partial charge in [-0.2, -0.15) is 0 Å². The highest BCUT2D eigenvalue weighted by Gasteiger charge is 2.12. The van der Waals surface area contributed by atoms with Crippen LogP contribution in [0.4, 0.5) is 11.5 Å². The van der Waals surface area contributed by atoms with Gasteiger partial charge in [-0.1, -0.05) is 11.6 Å². The Kier molecular flexibility index (Phi) is 7.17. The van der Waals surface area contributed by atoms with Crippen LogP contribution >= 0.6 is 23.4 Å². The minimum absolute atomic E-state index is 0.0163. The number of amides is 1. The van der Waals surface area contributed by atoms with Crippen molar-refractivity contribution in [2.75, 3.05) is 42.3 Å². The minimum atomic E-state index is 0.0163. The lowest BCUT2D eigenvalue weighted by atomic mass is 10.3. The van der Waals surface area contributed by atoms with Gasteiger partial charge in [0.1, 0.15) is 5.82 Å². The maximum atomic E-state index is 12.1. The molecule has 0 unspecified atom stereocenters. The number of nitrogens with one attached hydrogen (secondary N) is 1. The molecule has 26 heavy (non-hydrogen) atoms. The molecular formula is C19H22ClN3O2S. The molecule has 1 N–H and O–H groups in total. The number of rotatable bonds is 7. The fourth-order valence-electron chi connectivity index (χ4n) is 2.62. The molecule has 1 amide bonds. The summed E-state index contributed by atoms with van der Waals surface area (Å²) < 4.78 is 5.34. The molecule has 1 fully saturated rings. The number of aromatic nitrogens is 1. The number of pyridine rings is 1. The minimum Gasteiger partial charge on any atom is -0.378 e. The molecule has 5 nitrogen and oxygen atoms in total. The zero-order valence-electron chi connectivity index (χ0n) is 14.5. The van der Waals surface area contributed by atoms with E-state index in [2.05, 4.69) is 15.2 Å². The predicted octanol–water partition coefficient (Wildman–Crippen LogP) is 4.08. The van der Waals surface area contributed by atoms with Crippen molar-refractivity contribution in [3.63, 3.8) is 0 Å². The number of hydrogen-bond donors (Lipinski definition) is 1. The molecule has 0 aliphatic carbocycles. The van der Waals surface area contributed by atoms with Crippen LogP contribution in [0.15, 0.2) is 47.5 Å². The van der Waals surface area contributed by atoms with Crippen molar-refractivity contribution in [2.24, 2.45) is 0 Å². The van der Waals surface area contributed by atoms with E-state index in [-0.39, 0.29) is 5.91 Å². The number of carbonyl (C=O) groups is 1. The van der Waals surface area contributed by atoms with E-state index in [9.17, 15) is 4.79 Å². The van der Waals surface area contributed by atoms with Crippen molar-refractivity contribution in [1.29, 1.82) is 0 Å². The molecule has 1 aromatic heterocycles. The van der Waals surface area contributed by atoms with E-state index in [0.717, 1.165) is 59.9 Å². The largest absolute Gasteiger partial charge is 0.378 e. The highest BCUT2D eigenvalue weighted by molar-refractivity contribution is 7.99. The first-order chi connectivity index (χ1) is 12.7. The van der Waals surface area contributed by atoms with Crippen molar-refractivity contribution in [2.45, 2.75) is 17.7 Å². The Morgan fingerprint density at radius 1 is 1.19 bits per heavy atom. The van der Waals surface area contributed by atoms with E-state index < -0.39 is 0 Å². The molecule has 0 radical (unpaired) electrons. The number of benzene rings is 1. The third-order valence-electron chi connectivity index (χ3n) is 4.00. The van der Waals surface area contributed by atoms with Crippen LogP contribution in [-0.4, -0.2) is 42.9 Å². The second-order valence-electron chi connectivity index (χ2n) is 5.96. The molecule has 138 valence electrons. The first-order valence-electron chi connectivity index (χ1n) is 8.68. The van der Waals surface area contributed by atoms with Crippen molar-refractivity contribution in [3.05, 3.63) is 47.6 Å². The maximum absolute atomic E-state index is 12.1. The normalized spacial score (nSPS) is 14.3. The van der Waals surface area contributed by atoms with E-state index in [4.69, 9.17) is 16.3 Å². The molecule has 1 aromatic carbocycles. The molecule has 2 heterocycles. The maximum Gasteiger partial charge on any atom is 0.224 e. The summed E-state index contributed by atoms with van der Waals surface area (Å²) in [7, 11) is 0. The lowest BCUT2D eigenvalue weighted by molar-refractivity contribution is -0.116. The monoisotopic (exact) mass is 391 g/mol. The van der Waals surface area contributed by atoms with Gasteiger partial charge < -0.3 is 15.0 Å². The molecule has 1 aliphatic heterocycles. The third kappa shape index (κ3) is 5.90. The SMILES string of the molecule is O=C(CCCSc1ccc(Cl)cc1)Nc1ccc(N2CCOCC2)nc1. The molecule has 1 aliphatic rings. The van der Waals surface area contributed by atoms with Crippen molar-refractivity contribution < 1.29 is 9.53 Å². The molecule has 7 heteroatoms. The van der Waals surface area contributed by atoms with Gasteiger partial charge in [0.2, 0.25) is 5.91 Å². The van der Waals surface area contributed by atoms with Crippen LogP contribution in [0.3, 0.4) is 0 Å². The number of thioether (sulfide) groups is 1. The van der Waals surface area contributed by atoms with Gasteiger partial charge in [-0.05, 0) is 48.6 Å². The number of carbonyl (C=O) groups excluding carboxylic acids is 1. The van der Waals surface area contributed by atoms with E-state index in [1.165, 1.54) is 0 Å². The Morgan fingerprint density at radius 2 is 1.96 bits per heavy atom. The average molecular weight is 392 g/mol. The number of hydrogen-bond acceptors (Lipinski definition) is 5. The lowest BCUT2D eigenvalue weighted by Crippen LogP contribution is -2.36. The molecule has 3 rings (SSSR count). The molecule has 0 bridgehead atoms. The molecule has 2 aromatic rings. The Labute approximate surface area is 163 Å². The van der Waals surface area contributed by atoms with Crippen molar-refractivity contribution in [1.82, 2.24) is 4.98 Å². The second kappa shape index (κ2) is 9.80. The van der Waals surface area contributed by atoms with E-state index in [1.54, 1.807) is 18.0 Å². The van der Waals surface area contributed by atoms with Crippen LogP contribution < -0.4 is 10.2 Å². The number of nitrogens with zero attached hydrogens (tertiary/aromatic N) is 2. The summed E-state index contributed by atoms with van der Waals surface area (Å²) in [6, 6.07) is 11.6. The number of morpholine rings is 1. The van der Waals surface area contributed by atoms with Gasteiger partial charge in [0, 0.05) is 29.4 Å². The predicted molar refractivity (Wildman–Crippen MR) is 107 cm³/mol. The van der Waals surface area contributed by atoms with Gasteiger partial charge in [-0.25, -0.2) is 4.98 Å². The zero-order chi connectivity index (χ0) is 18.2. The second-order valence-corrected chi connectivity index (χ2v) is 7.56. The summed E-state index contributed by atoms with van der Waals surface area (Å²) in [5.41, 5.74) is 0.734. The molecule has 0 spiro atoms. The van der Waals surface area contributed by atoms with Crippen LogP contribution in [0.1, 0.15) is 12.8 Å². The fraction of sp³-hybridized carbons (Fsp3) is 0.368. The standard InChI is InChI=1S/C19H22ClN3O2S/c20-15-3-6-17(7-4-15)26-13-1-2-19(24)22-16-5-8-18(21-14-16)23-9-11-25-12-10-23/h3-8,14H,1-2,9-13H2,(H,22,24). The van der Waals surface area contributed by atoms with Gasteiger partial charge >= 0.3 is 0 Å². The van der Waals surface area contributed by atoms with Gasteiger partial charge in [0.15, 0.2) is 0 Å². The van der Waals surface area contributed by atoms with Gasteiger partial charge in [-0.3, -0.25) is 4.79 Å². The van der Waals surface area contributed by atoms with Gasteiger partial charge in [0.25, 0.3) is 0 Å². The van der Waals surface area contributed by atoms with E-state index >= 15 is 0 Å². The lowest BCUT2D eigenvalue weighted by Gasteiger charge is -2.27.